The number of fused-ring (bicyclic) bond motifs is 1. The van der Waals surface area contributed by atoms with Gasteiger partial charge in [-0.1, -0.05) is 12.2 Å². The van der Waals surface area contributed by atoms with Crippen molar-refractivity contribution in [3.63, 3.8) is 0 Å². The second-order valence-corrected chi connectivity index (χ2v) is 7.77. The first kappa shape index (κ1) is 21.8. The molecule has 7 heteroatoms. The van der Waals surface area contributed by atoms with Crippen molar-refractivity contribution >= 4 is 22.8 Å². The van der Waals surface area contributed by atoms with Gasteiger partial charge in [-0.05, 0) is 50.8 Å². The smallest absolute Gasteiger partial charge is 0.242 e. The number of benzene rings is 1. The molecule has 160 valence electrons. The predicted octanol–water partition coefficient (Wildman–Crippen LogP) is 2.92. The first-order chi connectivity index (χ1) is 14.4. The first-order valence-electron chi connectivity index (χ1n) is 10.2. The van der Waals surface area contributed by atoms with E-state index in [1.807, 2.05) is 30.0 Å². The Bertz CT molecular complexity index is 933. The van der Waals surface area contributed by atoms with E-state index >= 15 is 0 Å². The third-order valence-corrected chi connectivity index (χ3v) is 5.53. The zero-order chi connectivity index (χ0) is 21.7. The molecule has 0 radical (unpaired) electrons. The molecule has 0 bridgehead atoms. The summed E-state index contributed by atoms with van der Waals surface area (Å²) in [4.78, 5) is 24.2. The summed E-state index contributed by atoms with van der Waals surface area (Å²) in [6.07, 6.45) is 5.66. The van der Waals surface area contributed by atoms with Gasteiger partial charge in [0.1, 0.15) is 11.8 Å². The van der Waals surface area contributed by atoms with Crippen LogP contribution < -0.4 is 15.0 Å². The minimum atomic E-state index is -1.07. The predicted molar refractivity (Wildman–Crippen MR) is 119 cm³/mol. The van der Waals surface area contributed by atoms with E-state index < -0.39 is 5.60 Å². The molecule has 3 rings (SSSR count). The molecule has 30 heavy (non-hydrogen) atoms. The number of aromatic nitrogens is 2. The van der Waals surface area contributed by atoms with Crippen molar-refractivity contribution < 1.29 is 14.6 Å². The quantitative estimate of drug-likeness (QED) is 0.618. The van der Waals surface area contributed by atoms with Gasteiger partial charge in [-0.15, -0.1) is 13.2 Å². The average molecular weight is 411 g/mol. The number of nitrogens with one attached hydrogen (secondary N) is 1. The average Bonchev–Trinajstić information content (AvgIpc) is 3.22. The Hall–Kier alpha value is -2.93. The van der Waals surface area contributed by atoms with Crippen molar-refractivity contribution in [2.24, 2.45) is 0 Å². The zero-order valence-corrected chi connectivity index (χ0v) is 17.7. The molecular formula is C23H30N4O3. The maximum absolute atomic E-state index is 12.9. The molecule has 1 amide bonds. The maximum atomic E-state index is 12.9. The highest BCUT2D eigenvalue weighted by Gasteiger charge is 2.34. The van der Waals surface area contributed by atoms with E-state index in [2.05, 4.69) is 23.5 Å². The highest BCUT2D eigenvalue weighted by atomic mass is 16.5. The third-order valence-electron chi connectivity index (χ3n) is 5.53. The highest BCUT2D eigenvalue weighted by Crippen LogP contribution is 2.28. The lowest BCUT2D eigenvalue weighted by molar-refractivity contribution is -0.123. The van der Waals surface area contributed by atoms with Gasteiger partial charge in [0.15, 0.2) is 0 Å². The monoisotopic (exact) mass is 410 g/mol. The lowest BCUT2D eigenvalue weighted by Gasteiger charge is -2.29. The van der Waals surface area contributed by atoms with E-state index in [1.54, 1.807) is 19.3 Å². The number of carbonyl (C=O) groups excluding carboxylic acids is 1. The Balaban J connectivity index is 1.79. The topological polar surface area (TPSA) is 87.6 Å². The molecule has 1 fully saturated rings. The van der Waals surface area contributed by atoms with E-state index in [-0.39, 0.29) is 18.5 Å². The Morgan fingerprint density at radius 3 is 2.77 bits per heavy atom. The third kappa shape index (κ3) is 4.62. The highest BCUT2D eigenvalue weighted by molar-refractivity contribution is 5.87. The SMILES string of the molecule is C=CCC(O)(CC=C)CNC(=O)[C@@H]1CCCN1c1nc(C)c2cc(OC)ccc2n1. The molecule has 2 aromatic rings. The van der Waals surface area contributed by atoms with Gasteiger partial charge < -0.3 is 20.1 Å². The summed E-state index contributed by atoms with van der Waals surface area (Å²) >= 11 is 0. The normalized spacial score (nSPS) is 16.5. The molecule has 0 saturated carbocycles. The minimum Gasteiger partial charge on any atom is -0.497 e. The van der Waals surface area contributed by atoms with Gasteiger partial charge in [0.2, 0.25) is 11.9 Å². The van der Waals surface area contributed by atoms with Crippen LogP contribution >= 0.6 is 0 Å². The van der Waals surface area contributed by atoms with Crippen LogP contribution in [0.3, 0.4) is 0 Å². The van der Waals surface area contributed by atoms with Crippen LogP contribution in [-0.2, 0) is 4.79 Å². The number of ether oxygens (including phenoxy) is 1. The van der Waals surface area contributed by atoms with Gasteiger partial charge in [0.25, 0.3) is 0 Å². The lowest BCUT2D eigenvalue weighted by atomic mass is 9.95. The van der Waals surface area contributed by atoms with Gasteiger partial charge in [0, 0.05) is 18.5 Å². The number of hydrogen-bond donors (Lipinski definition) is 2. The second-order valence-electron chi connectivity index (χ2n) is 7.77. The molecule has 1 atom stereocenters. The van der Waals surface area contributed by atoms with Crippen LogP contribution in [0.5, 0.6) is 5.75 Å². The molecule has 0 unspecified atom stereocenters. The van der Waals surface area contributed by atoms with E-state index in [0.29, 0.717) is 25.3 Å². The fourth-order valence-electron chi connectivity index (χ4n) is 3.91. The fraction of sp³-hybridized carbons (Fsp3) is 0.435. The Labute approximate surface area is 177 Å². The number of aryl methyl sites for hydroxylation is 1. The van der Waals surface area contributed by atoms with Gasteiger partial charge >= 0.3 is 0 Å². The van der Waals surface area contributed by atoms with Gasteiger partial charge in [-0.25, -0.2) is 9.97 Å². The summed E-state index contributed by atoms with van der Waals surface area (Å²) in [6, 6.07) is 5.33. The van der Waals surface area contributed by atoms with Crippen molar-refractivity contribution in [1.29, 1.82) is 0 Å². The molecular weight excluding hydrogens is 380 g/mol. The van der Waals surface area contributed by atoms with Crippen molar-refractivity contribution in [1.82, 2.24) is 15.3 Å². The van der Waals surface area contributed by atoms with Crippen molar-refractivity contribution in [2.75, 3.05) is 25.1 Å². The summed E-state index contributed by atoms with van der Waals surface area (Å²) in [5.41, 5.74) is 0.583. The Kier molecular flexibility index (Phi) is 6.72. The minimum absolute atomic E-state index is 0.130. The van der Waals surface area contributed by atoms with Gasteiger partial charge in [-0.2, -0.15) is 0 Å². The summed E-state index contributed by atoms with van der Waals surface area (Å²) in [5.74, 6) is 1.18. The molecule has 0 spiro atoms. The Morgan fingerprint density at radius 1 is 1.37 bits per heavy atom. The number of amides is 1. The summed E-state index contributed by atoms with van der Waals surface area (Å²) in [7, 11) is 1.63. The number of aliphatic hydroxyl groups is 1. The largest absolute Gasteiger partial charge is 0.497 e. The van der Waals surface area contributed by atoms with Crippen LogP contribution in [0.1, 0.15) is 31.4 Å². The van der Waals surface area contributed by atoms with Crippen LogP contribution in [0.15, 0.2) is 43.5 Å². The standard InChI is InChI=1S/C23H30N4O3/c1-5-11-23(29,12-6-2)15-24-21(28)20-8-7-13-27(20)22-25-16(3)18-14-17(30-4)9-10-19(18)26-22/h5-6,9-10,14,20,29H,1-2,7-8,11-13,15H2,3-4H3,(H,24,28)/t20-/m0/s1. The summed E-state index contributed by atoms with van der Waals surface area (Å²) in [5, 5.41) is 14.5. The van der Waals surface area contributed by atoms with E-state index in [4.69, 9.17) is 9.72 Å². The number of nitrogens with zero attached hydrogens (tertiary/aromatic N) is 3. The number of hydrogen-bond acceptors (Lipinski definition) is 6. The molecule has 7 nitrogen and oxygen atoms in total. The van der Waals surface area contributed by atoms with Crippen LogP contribution in [0.25, 0.3) is 10.9 Å². The molecule has 2 N–H and O–H groups in total. The van der Waals surface area contributed by atoms with Gasteiger partial charge in [-0.3, -0.25) is 4.79 Å². The second kappa shape index (κ2) is 9.26. The summed E-state index contributed by atoms with van der Waals surface area (Å²) < 4.78 is 5.29. The van der Waals surface area contributed by atoms with Crippen LogP contribution in [0, 0.1) is 6.92 Å². The number of rotatable bonds is 9. The van der Waals surface area contributed by atoms with Gasteiger partial charge in [0.05, 0.1) is 23.9 Å². The molecule has 1 aliphatic rings. The zero-order valence-electron chi connectivity index (χ0n) is 17.7. The number of methoxy groups -OCH3 is 1. The first-order valence-corrected chi connectivity index (χ1v) is 10.2. The van der Waals surface area contributed by atoms with Crippen LogP contribution in [0.4, 0.5) is 5.95 Å². The summed E-state index contributed by atoms with van der Waals surface area (Å²) in [6.45, 7) is 10.2. The lowest BCUT2D eigenvalue weighted by Crippen LogP contribution is -2.49. The van der Waals surface area contributed by atoms with E-state index in [0.717, 1.165) is 35.2 Å². The molecule has 1 saturated heterocycles. The van der Waals surface area contributed by atoms with E-state index in [9.17, 15) is 9.90 Å². The van der Waals surface area contributed by atoms with Crippen molar-refractivity contribution in [3.05, 3.63) is 49.2 Å². The van der Waals surface area contributed by atoms with Crippen molar-refractivity contribution in [2.45, 2.75) is 44.2 Å². The number of carbonyl (C=O) groups is 1. The molecule has 1 aromatic heterocycles. The van der Waals surface area contributed by atoms with Crippen LogP contribution in [0.2, 0.25) is 0 Å². The Morgan fingerprint density at radius 2 is 2.10 bits per heavy atom. The van der Waals surface area contributed by atoms with E-state index in [1.165, 1.54) is 0 Å². The maximum Gasteiger partial charge on any atom is 0.242 e. The number of anilines is 1. The molecule has 1 aromatic carbocycles. The molecule has 2 heterocycles. The molecule has 0 aliphatic carbocycles. The fourth-order valence-corrected chi connectivity index (χ4v) is 3.91. The van der Waals surface area contributed by atoms with Crippen molar-refractivity contribution in [3.8, 4) is 5.75 Å². The molecule has 1 aliphatic heterocycles. The van der Waals surface area contributed by atoms with Crippen LogP contribution in [-0.4, -0.2) is 52.8 Å².